The molecule has 1 heterocycles. The number of hydrogen-bond donors (Lipinski definition) is 1. The maximum atomic E-state index is 13.1. The van der Waals surface area contributed by atoms with Crippen molar-refractivity contribution in [2.75, 3.05) is 13.7 Å². The molecule has 0 unspecified atom stereocenters. The van der Waals surface area contributed by atoms with Gasteiger partial charge in [0.15, 0.2) is 5.78 Å². The summed E-state index contributed by atoms with van der Waals surface area (Å²) in [6.45, 7) is 3.59. The maximum Gasteiger partial charge on any atom is 0.416 e. The van der Waals surface area contributed by atoms with Crippen LogP contribution in [0.15, 0.2) is 65.0 Å². The molecule has 1 N–H and O–H groups in total. The van der Waals surface area contributed by atoms with Gasteiger partial charge in [0.2, 0.25) is 0 Å². The minimum Gasteiger partial charge on any atom is -0.496 e. The fraction of sp³-hybridized carbons (Fsp3) is 0.357. The third-order valence-electron chi connectivity index (χ3n) is 6.46. The van der Waals surface area contributed by atoms with Gasteiger partial charge in [-0.3, -0.25) is 4.79 Å². The van der Waals surface area contributed by atoms with Crippen molar-refractivity contribution in [3.05, 3.63) is 81.7 Å². The largest absolute Gasteiger partial charge is 0.496 e. The molecule has 6 nitrogen and oxygen atoms in total. The summed E-state index contributed by atoms with van der Waals surface area (Å²) in [6, 6.07) is 9.88. The molecule has 1 aliphatic heterocycles. The lowest BCUT2D eigenvalue weighted by Crippen LogP contribution is -2.34. The number of ketones is 1. The van der Waals surface area contributed by atoms with Crippen molar-refractivity contribution in [3.63, 3.8) is 0 Å². The standard InChI is InChI=1S/C28H28F3NO5/c1-4-36-27(34)24-16(2)32-21-9-6-10-22(33)26(21)25(24)17-11-12-23(35-3)18(13-17)15-37-20-8-5-7-19(14-20)28(29,30)31/h5,7-8,11-14,25,32H,4,6,9-10,15H2,1-3H3/t25-/m0/s1. The molecule has 2 aromatic rings. The Labute approximate surface area is 213 Å². The van der Waals surface area contributed by atoms with Crippen LogP contribution in [0.2, 0.25) is 0 Å². The third-order valence-corrected chi connectivity index (χ3v) is 6.46. The Kier molecular flexibility index (Phi) is 7.61. The van der Waals surface area contributed by atoms with Crippen molar-refractivity contribution in [1.82, 2.24) is 5.32 Å². The molecule has 0 spiro atoms. The number of allylic oxidation sites excluding steroid dienone is 3. The zero-order valence-corrected chi connectivity index (χ0v) is 20.8. The second-order valence-electron chi connectivity index (χ2n) is 8.87. The normalized spacial score (nSPS) is 17.8. The molecule has 1 atom stereocenters. The summed E-state index contributed by atoms with van der Waals surface area (Å²) < 4.78 is 55.8. The van der Waals surface area contributed by atoms with Crippen molar-refractivity contribution in [3.8, 4) is 11.5 Å². The second-order valence-corrected chi connectivity index (χ2v) is 8.87. The van der Waals surface area contributed by atoms with Gasteiger partial charge in [-0.25, -0.2) is 4.79 Å². The summed E-state index contributed by atoms with van der Waals surface area (Å²) in [6.07, 6.45) is -2.70. The van der Waals surface area contributed by atoms with Gasteiger partial charge in [-0.05, 0) is 62.6 Å². The number of carbonyl (C=O) groups is 2. The smallest absolute Gasteiger partial charge is 0.416 e. The molecule has 4 rings (SSSR count). The number of esters is 1. The Morgan fingerprint density at radius 3 is 2.62 bits per heavy atom. The van der Waals surface area contributed by atoms with Gasteiger partial charge in [0.1, 0.15) is 18.1 Å². The Balaban J connectivity index is 1.73. The highest BCUT2D eigenvalue weighted by Crippen LogP contribution is 2.43. The van der Waals surface area contributed by atoms with E-state index in [9.17, 15) is 22.8 Å². The van der Waals surface area contributed by atoms with E-state index in [0.29, 0.717) is 46.6 Å². The van der Waals surface area contributed by atoms with Crippen LogP contribution in [0.5, 0.6) is 11.5 Å². The molecule has 0 saturated heterocycles. The van der Waals surface area contributed by atoms with Crippen LogP contribution in [0, 0.1) is 0 Å². The monoisotopic (exact) mass is 515 g/mol. The number of Topliss-reactive ketones (excluding diaryl/α,β-unsaturated/α-hetero) is 1. The number of methoxy groups -OCH3 is 1. The van der Waals surface area contributed by atoms with E-state index in [1.54, 1.807) is 32.0 Å². The van der Waals surface area contributed by atoms with E-state index in [4.69, 9.17) is 14.2 Å². The molecule has 0 fully saturated rings. The van der Waals surface area contributed by atoms with Gasteiger partial charge in [-0.2, -0.15) is 13.2 Å². The first-order valence-corrected chi connectivity index (χ1v) is 12.0. The predicted molar refractivity (Wildman–Crippen MR) is 130 cm³/mol. The molecule has 196 valence electrons. The summed E-state index contributed by atoms with van der Waals surface area (Å²) in [5.74, 6) is -0.682. The van der Waals surface area contributed by atoms with E-state index in [-0.39, 0.29) is 24.7 Å². The number of halogens is 3. The third kappa shape index (κ3) is 5.50. The summed E-state index contributed by atoms with van der Waals surface area (Å²) in [4.78, 5) is 26.1. The second kappa shape index (κ2) is 10.7. The fourth-order valence-corrected chi connectivity index (χ4v) is 4.81. The van der Waals surface area contributed by atoms with Gasteiger partial charge < -0.3 is 19.5 Å². The molecule has 1 aliphatic carbocycles. The lowest BCUT2D eigenvalue weighted by atomic mass is 9.75. The number of benzene rings is 2. The molecule has 2 aliphatic rings. The number of carbonyl (C=O) groups excluding carboxylic acids is 2. The summed E-state index contributed by atoms with van der Waals surface area (Å²) in [5.41, 5.74) is 2.71. The number of ether oxygens (including phenoxy) is 3. The van der Waals surface area contributed by atoms with E-state index in [1.807, 2.05) is 0 Å². The highest BCUT2D eigenvalue weighted by Gasteiger charge is 2.39. The SMILES string of the molecule is CCOC(=O)C1=C(C)NC2=C(C(=O)CCC2)[C@H]1c1ccc(OC)c(COc2cccc(C(F)(F)F)c2)c1. The minimum atomic E-state index is -4.49. The number of alkyl halides is 3. The van der Waals surface area contributed by atoms with E-state index >= 15 is 0 Å². The molecule has 0 bridgehead atoms. The quantitative estimate of drug-likeness (QED) is 0.468. The van der Waals surface area contributed by atoms with Crippen molar-refractivity contribution in [2.24, 2.45) is 0 Å². The first-order chi connectivity index (χ1) is 17.6. The van der Waals surface area contributed by atoms with Gasteiger partial charge >= 0.3 is 12.1 Å². The number of rotatable bonds is 7. The van der Waals surface area contributed by atoms with Crippen LogP contribution in [0.3, 0.4) is 0 Å². The van der Waals surface area contributed by atoms with Crippen molar-refractivity contribution < 1.29 is 37.0 Å². The Hall–Kier alpha value is -3.75. The fourth-order valence-electron chi connectivity index (χ4n) is 4.81. The van der Waals surface area contributed by atoms with Crippen molar-refractivity contribution in [1.29, 1.82) is 0 Å². The first kappa shape index (κ1) is 26.3. The Morgan fingerprint density at radius 1 is 1.14 bits per heavy atom. The average Bonchev–Trinajstić information content (AvgIpc) is 2.86. The molecule has 0 saturated carbocycles. The molecule has 37 heavy (non-hydrogen) atoms. The molecule has 0 radical (unpaired) electrons. The van der Waals surface area contributed by atoms with E-state index < -0.39 is 23.6 Å². The van der Waals surface area contributed by atoms with Crippen LogP contribution in [-0.2, 0) is 27.1 Å². The van der Waals surface area contributed by atoms with Crippen LogP contribution in [0.25, 0.3) is 0 Å². The minimum absolute atomic E-state index is 0.0365. The molecular formula is C28H28F3NO5. The topological polar surface area (TPSA) is 73.9 Å². The molecule has 0 aromatic heterocycles. The van der Waals surface area contributed by atoms with Crippen LogP contribution >= 0.6 is 0 Å². The molecular weight excluding hydrogens is 487 g/mol. The molecule has 2 aromatic carbocycles. The Bertz CT molecular complexity index is 1280. The van der Waals surface area contributed by atoms with Crippen LogP contribution in [-0.4, -0.2) is 25.5 Å². The zero-order chi connectivity index (χ0) is 26.7. The molecule has 0 amide bonds. The predicted octanol–water partition coefficient (Wildman–Crippen LogP) is 5.82. The lowest BCUT2D eigenvalue weighted by Gasteiger charge is -2.34. The highest BCUT2D eigenvalue weighted by atomic mass is 19.4. The van der Waals surface area contributed by atoms with Crippen molar-refractivity contribution >= 4 is 11.8 Å². The highest BCUT2D eigenvalue weighted by molar-refractivity contribution is 6.03. The van der Waals surface area contributed by atoms with Gasteiger partial charge in [0.05, 0.1) is 24.9 Å². The van der Waals surface area contributed by atoms with Crippen LogP contribution in [0.4, 0.5) is 13.2 Å². The first-order valence-electron chi connectivity index (χ1n) is 12.0. The zero-order valence-electron chi connectivity index (χ0n) is 20.8. The van der Waals surface area contributed by atoms with E-state index in [1.165, 1.54) is 19.2 Å². The van der Waals surface area contributed by atoms with Crippen molar-refractivity contribution in [2.45, 2.75) is 51.8 Å². The Morgan fingerprint density at radius 2 is 1.92 bits per heavy atom. The van der Waals surface area contributed by atoms with Crippen LogP contribution in [0.1, 0.15) is 55.7 Å². The van der Waals surface area contributed by atoms with Gasteiger partial charge in [-0.1, -0.05) is 12.1 Å². The number of nitrogens with one attached hydrogen (secondary N) is 1. The summed E-state index contributed by atoms with van der Waals surface area (Å²) in [7, 11) is 1.48. The van der Waals surface area contributed by atoms with Gasteiger partial charge in [0, 0.05) is 34.9 Å². The maximum absolute atomic E-state index is 13.1. The summed E-state index contributed by atoms with van der Waals surface area (Å²) in [5, 5.41) is 3.24. The van der Waals surface area contributed by atoms with Gasteiger partial charge in [-0.15, -0.1) is 0 Å². The lowest BCUT2D eigenvalue weighted by molar-refractivity contribution is -0.139. The number of dihydropyridines is 1. The van der Waals surface area contributed by atoms with Gasteiger partial charge in [0.25, 0.3) is 0 Å². The van der Waals surface area contributed by atoms with Crippen LogP contribution < -0.4 is 14.8 Å². The number of hydrogen-bond acceptors (Lipinski definition) is 6. The van der Waals surface area contributed by atoms with E-state index in [0.717, 1.165) is 24.3 Å². The molecule has 9 heteroatoms. The van der Waals surface area contributed by atoms with E-state index in [2.05, 4.69) is 5.32 Å². The summed E-state index contributed by atoms with van der Waals surface area (Å²) >= 11 is 0. The average molecular weight is 516 g/mol.